The molecule has 7 atom stereocenters. The number of methoxy groups -OCH3 is 1. The van der Waals surface area contributed by atoms with Gasteiger partial charge in [-0.2, -0.15) is 5.26 Å². The number of rotatable bonds is 2. The summed E-state index contributed by atoms with van der Waals surface area (Å²) in [6, 6.07) is 1.36. The summed E-state index contributed by atoms with van der Waals surface area (Å²) in [5.74, 6) is 0.953. The van der Waals surface area contributed by atoms with Gasteiger partial charge in [0.2, 0.25) is 6.79 Å². The van der Waals surface area contributed by atoms with Crippen molar-refractivity contribution in [3.8, 4) is 34.8 Å². The van der Waals surface area contributed by atoms with E-state index in [0.717, 1.165) is 22.3 Å². The summed E-state index contributed by atoms with van der Waals surface area (Å²) in [5.41, 5.74) is 10.8. The van der Waals surface area contributed by atoms with Crippen LogP contribution in [-0.4, -0.2) is 84.3 Å². The maximum atomic E-state index is 13.0. The smallest absolute Gasteiger partial charge is 0.323 e. The Morgan fingerprint density at radius 3 is 2.64 bits per heavy atom. The molecule has 0 aromatic heterocycles. The number of phenols is 1. The Labute approximate surface area is 258 Å². The van der Waals surface area contributed by atoms with Crippen molar-refractivity contribution >= 4 is 23.7 Å². The van der Waals surface area contributed by atoms with E-state index >= 15 is 0 Å². The molecule has 12 nitrogen and oxygen atoms in total. The number of likely N-dealkylation sites (N-methyl/N-ethyl adjacent to an activating group) is 1. The second kappa shape index (κ2) is 10.4. The molecule has 0 saturated carbocycles. The van der Waals surface area contributed by atoms with Crippen LogP contribution in [0.15, 0.2) is 6.07 Å². The van der Waals surface area contributed by atoms with E-state index in [2.05, 4.69) is 15.9 Å². The number of phenolic OH excluding ortho intramolecular Hbond substituents is 1. The minimum absolute atomic E-state index is 0.0270. The largest absolute Gasteiger partial charge is 0.504 e. The van der Waals surface area contributed by atoms with Crippen LogP contribution in [0.1, 0.15) is 57.6 Å². The van der Waals surface area contributed by atoms with Gasteiger partial charge in [-0.05, 0) is 38.4 Å². The van der Waals surface area contributed by atoms with Gasteiger partial charge in [0.25, 0.3) is 0 Å². The fourth-order valence-corrected chi connectivity index (χ4v) is 9.42. The van der Waals surface area contributed by atoms with Crippen LogP contribution in [0.25, 0.3) is 0 Å². The quantitative estimate of drug-likeness (QED) is 0.372. The van der Waals surface area contributed by atoms with E-state index in [1.165, 1.54) is 25.8 Å². The van der Waals surface area contributed by atoms with Crippen LogP contribution in [0.5, 0.6) is 28.7 Å². The standard InChI is InChI=1S/C31H34N4O8S/c1-12-6-15-7-17-18(8-32)35-19-9-40-31(38)16(33)10-44-30(24(35)23(34(17)4)20(15)25(37)26(12)39-5)22-21(19)29-28(41-11-42-29)13(2)27(22)43-14(3)36/h6,16-19,23-24,30,37H,7,9-11,33H2,1-5H3/t16?,17?,18-,19-,23?,24+,30+/m0/s1. The first kappa shape index (κ1) is 29.0. The second-order valence-electron chi connectivity index (χ2n) is 12.0. The highest BCUT2D eigenvalue weighted by Gasteiger charge is 2.60. The molecule has 4 bridgehead atoms. The maximum Gasteiger partial charge on any atom is 0.323 e. The van der Waals surface area contributed by atoms with Crippen molar-refractivity contribution in [2.24, 2.45) is 5.73 Å². The third-order valence-corrected chi connectivity index (χ3v) is 11.1. The monoisotopic (exact) mass is 622 g/mol. The number of ether oxygens (including phenoxy) is 5. The van der Waals surface area contributed by atoms with E-state index < -0.39 is 47.4 Å². The Morgan fingerprint density at radius 2 is 1.93 bits per heavy atom. The molecule has 7 rings (SSSR count). The van der Waals surface area contributed by atoms with Gasteiger partial charge in [-0.25, -0.2) is 0 Å². The molecular weight excluding hydrogens is 588 g/mol. The number of nitrogens with two attached hydrogens (primary N) is 1. The molecule has 3 unspecified atom stereocenters. The van der Waals surface area contributed by atoms with Crippen molar-refractivity contribution < 1.29 is 38.4 Å². The van der Waals surface area contributed by atoms with E-state index in [-0.39, 0.29) is 30.9 Å². The second-order valence-corrected chi connectivity index (χ2v) is 13.2. The SMILES string of the molecule is COc1c(C)cc2c(c1O)C1[C@@H]3[C@@H]4SCC(N)C(=O)OC[C@@H](c5c6c(c(C)c(OC(C)=O)c54)OCO6)N3[C@@H](C#N)C(C2)N1C. The number of hydrogen-bond acceptors (Lipinski definition) is 13. The average molecular weight is 623 g/mol. The molecule has 13 heteroatoms. The van der Waals surface area contributed by atoms with Gasteiger partial charge in [0.05, 0.1) is 30.5 Å². The lowest BCUT2D eigenvalue weighted by atomic mass is 9.71. The molecule has 2 aromatic carbocycles. The number of aromatic hydroxyl groups is 1. The van der Waals surface area contributed by atoms with Crippen molar-refractivity contribution in [2.75, 3.05) is 33.3 Å². The minimum atomic E-state index is -0.890. The molecule has 0 amide bonds. The fourth-order valence-electron chi connectivity index (χ4n) is 7.98. The van der Waals surface area contributed by atoms with E-state index in [9.17, 15) is 20.0 Å². The number of carbonyl (C=O) groups excluding carboxylic acids is 2. The molecule has 5 aliphatic rings. The van der Waals surface area contributed by atoms with Gasteiger partial charge in [0.1, 0.15) is 24.4 Å². The first-order valence-electron chi connectivity index (χ1n) is 14.5. The van der Waals surface area contributed by atoms with Crippen LogP contribution >= 0.6 is 11.8 Å². The summed E-state index contributed by atoms with van der Waals surface area (Å²) >= 11 is 1.44. The fraction of sp³-hybridized carbons (Fsp3) is 0.516. The zero-order valence-corrected chi connectivity index (χ0v) is 25.9. The number of nitriles is 1. The Kier molecular flexibility index (Phi) is 6.89. The first-order valence-corrected chi connectivity index (χ1v) is 15.6. The minimum Gasteiger partial charge on any atom is -0.504 e. The van der Waals surface area contributed by atoms with Crippen LogP contribution in [0.4, 0.5) is 0 Å². The highest BCUT2D eigenvalue weighted by Crippen LogP contribution is 2.64. The summed E-state index contributed by atoms with van der Waals surface area (Å²) in [4.78, 5) is 29.8. The molecule has 0 spiro atoms. The normalized spacial score (nSPS) is 30.4. The first-order chi connectivity index (χ1) is 21.1. The maximum absolute atomic E-state index is 13.0. The number of thioether (sulfide) groups is 1. The van der Waals surface area contributed by atoms with Crippen molar-refractivity contribution in [1.82, 2.24) is 9.80 Å². The number of aryl methyl sites for hydroxylation is 1. The molecular formula is C31H34N4O8S. The number of piperazine rings is 1. The Hall–Kier alpha value is -3.70. The average Bonchev–Trinajstić information content (AvgIpc) is 3.47. The van der Waals surface area contributed by atoms with E-state index in [0.29, 0.717) is 40.5 Å². The summed E-state index contributed by atoms with van der Waals surface area (Å²) in [6.07, 6.45) is 0.522. The number of fused-ring (bicyclic) bond motifs is 9. The van der Waals surface area contributed by atoms with E-state index in [4.69, 9.17) is 29.4 Å². The molecule has 3 N–H and O–H groups in total. The summed E-state index contributed by atoms with van der Waals surface area (Å²) in [6.45, 7) is 4.93. The van der Waals surface area contributed by atoms with Gasteiger partial charge < -0.3 is 34.5 Å². The summed E-state index contributed by atoms with van der Waals surface area (Å²) in [7, 11) is 3.51. The molecule has 44 heavy (non-hydrogen) atoms. The Morgan fingerprint density at radius 1 is 1.18 bits per heavy atom. The van der Waals surface area contributed by atoms with Crippen molar-refractivity contribution in [3.05, 3.63) is 39.4 Å². The van der Waals surface area contributed by atoms with Crippen molar-refractivity contribution in [2.45, 2.75) is 68.7 Å². The molecule has 5 aliphatic heterocycles. The number of nitrogens with zero attached hydrogens (tertiary/aromatic N) is 3. The zero-order valence-electron chi connectivity index (χ0n) is 25.1. The topological polar surface area (TPSA) is 157 Å². The lowest BCUT2D eigenvalue weighted by Gasteiger charge is -2.61. The Balaban J connectivity index is 1.56. The molecule has 5 heterocycles. The molecule has 2 aromatic rings. The molecule has 0 aliphatic carbocycles. The van der Waals surface area contributed by atoms with Gasteiger partial charge >= 0.3 is 11.9 Å². The molecule has 2 fully saturated rings. The highest BCUT2D eigenvalue weighted by molar-refractivity contribution is 7.99. The lowest BCUT2D eigenvalue weighted by molar-refractivity contribution is -0.150. The molecule has 0 radical (unpaired) electrons. The van der Waals surface area contributed by atoms with Crippen LogP contribution in [0, 0.1) is 25.2 Å². The van der Waals surface area contributed by atoms with E-state index in [1.54, 1.807) is 0 Å². The van der Waals surface area contributed by atoms with Crippen LogP contribution in [-0.2, 0) is 20.7 Å². The summed E-state index contributed by atoms with van der Waals surface area (Å²) in [5, 5.41) is 22.1. The van der Waals surface area contributed by atoms with Crippen LogP contribution in [0.3, 0.4) is 0 Å². The van der Waals surface area contributed by atoms with E-state index in [1.807, 2.05) is 27.0 Å². The highest BCUT2D eigenvalue weighted by atomic mass is 32.2. The number of carbonyl (C=O) groups is 2. The summed E-state index contributed by atoms with van der Waals surface area (Å²) < 4.78 is 29.4. The third-order valence-electron chi connectivity index (χ3n) is 9.69. The third kappa shape index (κ3) is 3.94. The lowest BCUT2D eigenvalue weighted by Crippen LogP contribution is -2.69. The van der Waals surface area contributed by atoms with Crippen molar-refractivity contribution in [3.63, 3.8) is 0 Å². The number of esters is 2. The van der Waals surface area contributed by atoms with Crippen molar-refractivity contribution in [1.29, 1.82) is 5.26 Å². The number of benzene rings is 2. The van der Waals surface area contributed by atoms with Gasteiger partial charge in [0.15, 0.2) is 23.0 Å². The molecule has 232 valence electrons. The predicted octanol–water partition coefficient (Wildman–Crippen LogP) is 2.56. The zero-order chi connectivity index (χ0) is 31.2. The number of hydrogen-bond donors (Lipinski definition) is 2. The molecule has 2 saturated heterocycles. The van der Waals surface area contributed by atoms with Gasteiger partial charge in [-0.15, -0.1) is 11.8 Å². The number of cyclic esters (lactones) is 1. The van der Waals surface area contributed by atoms with Gasteiger partial charge in [-0.1, -0.05) is 6.07 Å². The van der Waals surface area contributed by atoms with Gasteiger partial charge in [-0.3, -0.25) is 19.4 Å². The Bertz CT molecular complexity index is 1640. The predicted molar refractivity (Wildman–Crippen MR) is 158 cm³/mol. The van der Waals surface area contributed by atoms with Gasteiger partial charge in [0, 0.05) is 47.0 Å². The van der Waals surface area contributed by atoms with Crippen LogP contribution in [0.2, 0.25) is 0 Å². The van der Waals surface area contributed by atoms with Crippen LogP contribution < -0.4 is 24.7 Å².